The van der Waals surface area contributed by atoms with E-state index in [1.807, 2.05) is 0 Å². The molecule has 0 saturated carbocycles. The van der Waals surface area contributed by atoms with Gasteiger partial charge in [-0.1, -0.05) is 0 Å². The van der Waals surface area contributed by atoms with E-state index in [1.165, 1.54) is 0 Å². The monoisotopic (exact) mass is 193 g/mol. The first-order valence-corrected chi connectivity index (χ1v) is 3.23. The van der Waals surface area contributed by atoms with Crippen molar-refractivity contribution in [2.45, 2.75) is 6.18 Å². The molecule has 0 radical (unpaired) electrons. The Bertz CT molecular complexity index is 249. The van der Waals surface area contributed by atoms with Crippen molar-refractivity contribution in [3.8, 4) is 0 Å². The number of hydrogen-bond donors (Lipinski definition) is 0. The number of carbonyl (C=O) groups excluding carboxylic acids is 1. The Morgan fingerprint density at radius 3 is 1.82 bits per heavy atom. The molecule has 9 heteroatoms. The van der Waals surface area contributed by atoms with Crippen LogP contribution in [0.3, 0.4) is 0 Å². The third kappa shape index (κ3) is 4.56. The summed E-state index contributed by atoms with van der Waals surface area (Å²) in [6.07, 6.45) is -5.47. The third-order valence-corrected chi connectivity index (χ3v) is 0.765. The van der Waals surface area contributed by atoms with Gasteiger partial charge in [-0.15, -0.1) is 0 Å². The van der Waals surface area contributed by atoms with Gasteiger partial charge >= 0.3 is 12.1 Å². The lowest BCUT2D eigenvalue weighted by atomic mass is 10.7. The van der Waals surface area contributed by atoms with Gasteiger partial charge in [0.25, 0.3) is 10.4 Å². The SMILES string of the molecule is O=C(OS(=O)(=O)[O-])C(F)(F)F. The Kier molecular flexibility index (Phi) is 2.46. The molecule has 0 saturated heterocycles. The molecule has 5 nitrogen and oxygen atoms in total. The molecule has 0 fully saturated rings. The second kappa shape index (κ2) is 2.66. The Balaban J connectivity index is 4.35. The van der Waals surface area contributed by atoms with Gasteiger partial charge in [0, 0.05) is 0 Å². The van der Waals surface area contributed by atoms with E-state index >= 15 is 0 Å². The minimum atomic E-state index is -5.63. The van der Waals surface area contributed by atoms with Gasteiger partial charge in [0.15, 0.2) is 0 Å². The van der Waals surface area contributed by atoms with Gasteiger partial charge in [-0.25, -0.2) is 13.2 Å². The summed E-state index contributed by atoms with van der Waals surface area (Å²) in [5, 5.41) is 0. The zero-order valence-corrected chi connectivity index (χ0v) is 5.40. The van der Waals surface area contributed by atoms with Crippen LogP contribution in [-0.2, 0) is 19.4 Å². The fourth-order valence-electron chi connectivity index (χ4n) is 0.140. The molecule has 0 aliphatic rings. The lowest BCUT2D eigenvalue weighted by Gasteiger charge is -2.08. The van der Waals surface area contributed by atoms with Crippen LogP contribution in [0.1, 0.15) is 0 Å². The molecule has 0 aliphatic heterocycles. The maximum Gasteiger partial charge on any atom is 0.492 e. The lowest BCUT2D eigenvalue weighted by Crippen LogP contribution is -2.27. The van der Waals surface area contributed by atoms with E-state index in [0.29, 0.717) is 0 Å². The van der Waals surface area contributed by atoms with E-state index in [1.54, 1.807) is 0 Å². The maximum atomic E-state index is 11.1. The van der Waals surface area contributed by atoms with Crippen molar-refractivity contribution in [2.75, 3.05) is 0 Å². The number of carbonyl (C=O) groups is 1. The summed E-state index contributed by atoms with van der Waals surface area (Å²) in [5.74, 6) is -3.05. The van der Waals surface area contributed by atoms with Crippen LogP contribution in [-0.4, -0.2) is 25.1 Å². The molecule has 0 N–H and O–H groups in total. The highest BCUT2D eigenvalue weighted by molar-refractivity contribution is 7.81. The number of halogens is 3. The predicted octanol–water partition coefficient (Wildman–Crippen LogP) is -0.448. The first kappa shape index (κ1) is 10.2. The molecule has 0 aromatic heterocycles. The van der Waals surface area contributed by atoms with Crippen LogP contribution in [0.25, 0.3) is 0 Å². The zero-order valence-electron chi connectivity index (χ0n) is 4.58. The Morgan fingerprint density at radius 2 is 1.73 bits per heavy atom. The first-order valence-electron chi connectivity index (χ1n) is 1.89. The Hall–Kier alpha value is -0.830. The van der Waals surface area contributed by atoms with Crippen LogP contribution in [0, 0.1) is 0 Å². The molecule has 0 aromatic carbocycles. The average Bonchev–Trinajstić information content (AvgIpc) is 1.56. The topological polar surface area (TPSA) is 83.5 Å². The fraction of sp³-hybridized carbons (Fsp3) is 0.500. The van der Waals surface area contributed by atoms with Gasteiger partial charge in [0.1, 0.15) is 0 Å². The van der Waals surface area contributed by atoms with Crippen LogP contribution in [0.4, 0.5) is 13.2 Å². The Labute approximate surface area is 58.7 Å². The molecule has 0 unspecified atom stereocenters. The molecular weight excluding hydrogens is 193 g/mol. The molecule has 0 atom stereocenters. The van der Waals surface area contributed by atoms with Gasteiger partial charge < -0.3 is 8.74 Å². The summed E-state index contributed by atoms with van der Waals surface area (Å²) >= 11 is 0. The number of hydrogen-bond acceptors (Lipinski definition) is 5. The van der Waals surface area contributed by atoms with E-state index in [4.69, 9.17) is 0 Å². The van der Waals surface area contributed by atoms with Gasteiger partial charge in [-0.2, -0.15) is 13.2 Å². The summed E-state index contributed by atoms with van der Waals surface area (Å²) in [7, 11) is -5.63. The molecule has 0 rings (SSSR count). The van der Waals surface area contributed by atoms with Crippen LogP contribution in [0.15, 0.2) is 0 Å². The molecule has 0 amide bonds. The van der Waals surface area contributed by atoms with Gasteiger partial charge in [0.05, 0.1) is 0 Å². The average molecular weight is 193 g/mol. The fourth-order valence-corrected chi connectivity index (χ4v) is 0.420. The summed E-state index contributed by atoms with van der Waals surface area (Å²) in [6.45, 7) is 0. The number of rotatable bonds is 1. The summed E-state index contributed by atoms with van der Waals surface area (Å²) < 4.78 is 63.9. The standard InChI is InChI=1S/C2HF3O5S/c3-2(4,5)1(6)10-11(7,8)9/h(H,7,8,9)/p-1. The van der Waals surface area contributed by atoms with Crippen molar-refractivity contribution in [3.63, 3.8) is 0 Å². The van der Waals surface area contributed by atoms with E-state index in [9.17, 15) is 30.9 Å². The number of alkyl halides is 3. The van der Waals surface area contributed by atoms with Gasteiger partial charge in [-0.3, -0.25) is 0 Å². The van der Waals surface area contributed by atoms with Crippen molar-refractivity contribution < 1.29 is 35.1 Å². The highest BCUT2D eigenvalue weighted by atomic mass is 32.3. The predicted molar refractivity (Wildman–Crippen MR) is 21.8 cm³/mol. The molecule has 0 heterocycles. The molecule has 0 aromatic rings. The molecule has 0 bridgehead atoms. The molecular formula is C2F3O5S-. The Morgan fingerprint density at radius 1 is 1.36 bits per heavy atom. The van der Waals surface area contributed by atoms with Crippen molar-refractivity contribution in [1.82, 2.24) is 0 Å². The third-order valence-electron chi connectivity index (χ3n) is 0.409. The molecule has 66 valence electrons. The lowest BCUT2D eigenvalue weighted by molar-refractivity contribution is -0.189. The minimum Gasteiger partial charge on any atom is -0.716 e. The van der Waals surface area contributed by atoms with Crippen molar-refractivity contribution in [1.29, 1.82) is 0 Å². The second-order valence-electron chi connectivity index (χ2n) is 1.28. The second-order valence-corrected chi connectivity index (χ2v) is 2.26. The van der Waals surface area contributed by atoms with Crippen molar-refractivity contribution >= 4 is 16.4 Å². The smallest absolute Gasteiger partial charge is 0.492 e. The van der Waals surface area contributed by atoms with Crippen LogP contribution < -0.4 is 0 Å². The molecule has 11 heavy (non-hydrogen) atoms. The molecule has 0 aliphatic carbocycles. The summed E-state index contributed by atoms with van der Waals surface area (Å²) in [4.78, 5) is 9.55. The van der Waals surface area contributed by atoms with Crippen molar-refractivity contribution in [2.24, 2.45) is 0 Å². The highest BCUT2D eigenvalue weighted by Gasteiger charge is 2.42. The van der Waals surface area contributed by atoms with Crippen molar-refractivity contribution in [3.05, 3.63) is 0 Å². The van der Waals surface area contributed by atoms with Gasteiger partial charge in [0.2, 0.25) is 0 Å². The zero-order chi connectivity index (χ0) is 9.28. The maximum absolute atomic E-state index is 11.1. The largest absolute Gasteiger partial charge is 0.716 e. The highest BCUT2D eigenvalue weighted by Crippen LogP contribution is 2.17. The van der Waals surface area contributed by atoms with Crippen LogP contribution in [0.2, 0.25) is 0 Å². The first-order chi connectivity index (χ1) is 4.63. The molecule has 0 spiro atoms. The van der Waals surface area contributed by atoms with E-state index in [0.717, 1.165) is 0 Å². The summed E-state index contributed by atoms with van der Waals surface area (Å²) in [5.41, 5.74) is 0. The summed E-state index contributed by atoms with van der Waals surface area (Å²) in [6, 6.07) is 0. The van der Waals surface area contributed by atoms with E-state index in [-0.39, 0.29) is 0 Å². The quantitative estimate of drug-likeness (QED) is 0.416. The van der Waals surface area contributed by atoms with Crippen LogP contribution >= 0.6 is 0 Å². The minimum absolute atomic E-state index is 2.45. The van der Waals surface area contributed by atoms with Gasteiger partial charge in [-0.05, 0) is 0 Å². The van der Waals surface area contributed by atoms with E-state index in [2.05, 4.69) is 4.18 Å². The van der Waals surface area contributed by atoms with Crippen LogP contribution in [0.5, 0.6) is 0 Å². The van der Waals surface area contributed by atoms with E-state index < -0.39 is 22.5 Å². The normalized spacial score (nSPS) is 12.7.